The van der Waals surface area contributed by atoms with Gasteiger partial charge in [-0.15, -0.1) is 10.2 Å². The molecule has 0 spiro atoms. The SMILES string of the molecule is Cc1ccc(NC(=O)CSc2nnc(-c3cccc(S(=O)(=O)N4CCCCC4)c3)o2)cc1F. The van der Waals surface area contributed by atoms with Crippen LogP contribution >= 0.6 is 11.8 Å². The van der Waals surface area contributed by atoms with Crippen LogP contribution in [-0.2, 0) is 14.8 Å². The zero-order valence-corrected chi connectivity index (χ0v) is 19.6. The number of benzene rings is 2. The molecule has 1 fully saturated rings. The molecular weight excluding hydrogens is 467 g/mol. The molecular formula is C22H23FN4O4S2. The Hall–Kier alpha value is -2.76. The fourth-order valence-electron chi connectivity index (χ4n) is 3.42. The molecule has 0 radical (unpaired) electrons. The van der Waals surface area contributed by atoms with Gasteiger partial charge < -0.3 is 9.73 Å². The fraction of sp³-hybridized carbons (Fsp3) is 0.318. The molecule has 11 heteroatoms. The number of halogens is 1. The molecule has 33 heavy (non-hydrogen) atoms. The molecule has 0 atom stereocenters. The number of nitrogens with zero attached hydrogens (tertiary/aromatic N) is 3. The van der Waals surface area contributed by atoms with E-state index in [0.29, 0.717) is 29.9 Å². The molecule has 1 aromatic heterocycles. The van der Waals surface area contributed by atoms with Crippen molar-refractivity contribution in [2.75, 3.05) is 24.2 Å². The Labute approximate surface area is 195 Å². The normalized spacial score (nSPS) is 14.8. The van der Waals surface area contributed by atoms with E-state index in [-0.39, 0.29) is 27.7 Å². The van der Waals surface area contributed by atoms with Crippen LogP contribution in [0.2, 0.25) is 0 Å². The van der Waals surface area contributed by atoms with E-state index in [1.807, 2.05) is 0 Å². The third kappa shape index (κ3) is 5.60. The molecule has 2 aromatic carbocycles. The summed E-state index contributed by atoms with van der Waals surface area (Å²) in [5.74, 6) is -0.598. The highest BCUT2D eigenvalue weighted by Gasteiger charge is 2.26. The van der Waals surface area contributed by atoms with Gasteiger partial charge in [0.05, 0.1) is 10.6 Å². The highest BCUT2D eigenvalue weighted by Crippen LogP contribution is 2.27. The number of amides is 1. The van der Waals surface area contributed by atoms with Crippen LogP contribution < -0.4 is 5.32 Å². The van der Waals surface area contributed by atoms with Crippen molar-refractivity contribution in [2.24, 2.45) is 0 Å². The van der Waals surface area contributed by atoms with Crippen molar-refractivity contribution in [1.82, 2.24) is 14.5 Å². The number of aromatic nitrogens is 2. The minimum absolute atomic E-state index is 0.0134. The van der Waals surface area contributed by atoms with Gasteiger partial charge in [-0.1, -0.05) is 30.3 Å². The number of hydrogen-bond donors (Lipinski definition) is 1. The van der Waals surface area contributed by atoms with Gasteiger partial charge in [0.1, 0.15) is 5.82 Å². The minimum atomic E-state index is -3.58. The maximum absolute atomic E-state index is 13.6. The van der Waals surface area contributed by atoms with Gasteiger partial charge in [-0.25, -0.2) is 12.8 Å². The van der Waals surface area contributed by atoms with E-state index in [4.69, 9.17) is 4.42 Å². The Balaban J connectivity index is 1.40. The first-order chi connectivity index (χ1) is 15.8. The summed E-state index contributed by atoms with van der Waals surface area (Å²) in [6, 6.07) is 10.9. The molecule has 0 saturated carbocycles. The maximum atomic E-state index is 13.6. The first-order valence-electron chi connectivity index (χ1n) is 10.5. The third-order valence-electron chi connectivity index (χ3n) is 5.22. The van der Waals surface area contributed by atoms with Crippen molar-refractivity contribution in [3.8, 4) is 11.5 Å². The topological polar surface area (TPSA) is 105 Å². The Kier molecular flexibility index (Phi) is 7.11. The minimum Gasteiger partial charge on any atom is -0.411 e. The third-order valence-corrected chi connectivity index (χ3v) is 7.94. The molecule has 3 aromatic rings. The summed E-state index contributed by atoms with van der Waals surface area (Å²) in [6.07, 6.45) is 2.75. The van der Waals surface area contributed by atoms with Gasteiger partial charge >= 0.3 is 0 Å². The second-order valence-electron chi connectivity index (χ2n) is 7.67. The van der Waals surface area contributed by atoms with Crippen LogP contribution in [0.5, 0.6) is 0 Å². The number of carbonyl (C=O) groups excluding carboxylic acids is 1. The molecule has 1 aliphatic heterocycles. The Morgan fingerprint density at radius 1 is 1.15 bits per heavy atom. The summed E-state index contributed by atoms with van der Waals surface area (Å²) < 4.78 is 46.6. The van der Waals surface area contributed by atoms with Crippen molar-refractivity contribution < 1.29 is 22.0 Å². The monoisotopic (exact) mass is 490 g/mol. The number of nitrogens with one attached hydrogen (secondary N) is 1. The van der Waals surface area contributed by atoms with E-state index in [1.165, 1.54) is 16.4 Å². The van der Waals surface area contributed by atoms with Gasteiger partial charge in [0.15, 0.2) is 0 Å². The number of thioether (sulfide) groups is 1. The van der Waals surface area contributed by atoms with Crippen molar-refractivity contribution in [2.45, 2.75) is 36.3 Å². The number of piperidine rings is 1. The van der Waals surface area contributed by atoms with Crippen molar-refractivity contribution in [1.29, 1.82) is 0 Å². The van der Waals surface area contributed by atoms with Crippen LogP contribution in [0.4, 0.5) is 10.1 Å². The van der Waals surface area contributed by atoms with E-state index < -0.39 is 15.8 Å². The van der Waals surface area contributed by atoms with Crippen LogP contribution in [0.3, 0.4) is 0 Å². The summed E-state index contributed by atoms with van der Waals surface area (Å²) in [4.78, 5) is 12.3. The Bertz CT molecular complexity index is 1260. The van der Waals surface area contributed by atoms with Crippen LogP contribution in [0.15, 0.2) is 57.0 Å². The summed E-state index contributed by atoms with van der Waals surface area (Å²) in [5.41, 5.74) is 1.34. The van der Waals surface area contributed by atoms with E-state index >= 15 is 0 Å². The van der Waals surface area contributed by atoms with Gasteiger partial charge in [0.25, 0.3) is 5.22 Å². The summed E-state index contributed by atoms with van der Waals surface area (Å²) in [5, 5.41) is 10.7. The van der Waals surface area contributed by atoms with Gasteiger partial charge in [-0.3, -0.25) is 4.79 Å². The van der Waals surface area contributed by atoms with Crippen LogP contribution in [0.1, 0.15) is 24.8 Å². The summed E-state index contributed by atoms with van der Waals surface area (Å²) >= 11 is 1.03. The van der Waals surface area contributed by atoms with E-state index in [2.05, 4.69) is 15.5 Å². The molecule has 1 aliphatic rings. The lowest BCUT2D eigenvalue weighted by Crippen LogP contribution is -2.35. The molecule has 4 rings (SSSR count). The number of hydrogen-bond acceptors (Lipinski definition) is 7. The van der Waals surface area contributed by atoms with E-state index in [1.54, 1.807) is 37.3 Å². The zero-order valence-electron chi connectivity index (χ0n) is 18.0. The van der Waals surface area contributed by atoms with Crippen LogP contribution in [0, 0.1) is 12.7 Å². The molecule has 0 bridgehead atoms. The lowest BCUT2D eigenvalue weighted by molar-refractivity contribution is -0.113. The fourth-order valence-corrected chi connectivity index (χ4v) is 5.55. The zero-order chi connectivity index (χ0) is 23.4. The van der Waals surface area contributed by atoms with Gasteiger partial charge in [-0.2, -0.15) is 4.31 Å². The average molecular weight is 491 g/mol. The molecule has 0 aliphatic carbocycles. The smallest absolute Gasteiger partial charge is 0.277 e. The number of anilines is 1. The first kappa shape index (κ1) is 23.4. The molecule has 8 nitrogen and oxygen atoms in total. The quantitative estimate of drug-likeness (QED) is 0.497. The van der Waals surface area contributed by atoms with Gasteiger partial charge in [-0.05, 0) is 55.7 Å². The van der Waals surface area contributed by atoms with Crippen molar-refractivity contribution >= 4 is 33.4 Å². The maximum Gasteiger partial charge on any atom is 0.277 e. The first-order valence-corrected chi connectivity index (χ1v) is 12.9. The van der Waals surface area contributed by atoms with Gasteiger partial charge in [0, 0.05) is 24.3 Å². The molecule has 174 valence electrons. The van der Waals surface area contributed by atoms with Crippen molar-refractivity contribution in [3.05, 3.63) is 53.8 Å². The van der Waals surface area contributed by atoms with E-state index in [9.17, 15) is 17.6 Å². The highest BCUT2D eigenvalue weighted by molar-refractivity contribution is 7.99. The number of carbonyl (C=O) groups is 1. The number of sulfonamides is 1. The molecule has 0 unspecified atom stereocenters. The van der Waals surface area contributed by atoms with Crippen molar-refractivity contribution in [3.63, 3.8) is 0 Å². The van der Waals surface area contributed by atoms with Gasteiger partial charge in [0.2, 0.25) is 21.8 Å². The van der Waals surface area contributed by atoms with Crippen LogP contribution in [-0.4, -0.2) is 47.7 Å². The lowest BCUT2D eigenvalue weighted by atomic mass is 10.2. The summed E-state index contributed by atoms with van der Waals surface area (Å²) in [6.45, 7) is 2.68. The molecule has 1 amide bonds. The Morgan fingerprint density at radius 3 is 2.70 bits per heavy atom. The second kappa shape index (κ2) is 10.0. The molecule has 2 heterocycles. The van der Waals surface area contributed by atoms with Crippen LogP contribution in [0.25, 0.3) is 11.5 Å². The predicted octanol–water partition coefficient (Wildman–Crippen LogP) is 4.09. The number of aryl methyl sites for hydroxylation is 1. The standard InChI is InChI=1S/C22H23FN4O4S2/c1-15-8-9-17(13-19(15)23)24-20(28)14-32-22-26-25-21(31-22)16-6-5-7-18(12-16)33(29,30)27-10-3-2-4-11-27/h5-9,12-13H,2-4,10-11,14H2,1H3,(H,24,28). The second-order valence-corrected chi connectivity index (χ2v) is 10.5. The lowest BCUT2D eigenvalue weighted by Gasteiger charge is -2.25. The Morgan fingerprint density at radius 2 is 1.94 bits per heavy atom. The highest BCUT2D eigenvalue weighted by atomic mass is 32.2. The summed E-state index contributed by atoms with van der Waals surface area (Å²) in [7, 11) is -3.58. The molecule has 1 N–H and O–H groups in total. The van der Waals surface area contributed by atoms with E-state index in [0.717, 1.165) is 31.0 Å². The average Bonchev–Trinajstić information content (AvgIpc) is 3.30. The largest absolute Gasteiger partial charge is 0.411 e. The predicted molar refractivity (Wildman–Crippen MR) is 123 cm³/mol. The molecule has 1 saturated heterocycles. The number of rotatable bonds is 7.